The van der Waals surface area contributed by atoms with Gasteiger partial charge in [-0.25, -0.2) is 0 Å². The minimum Gasteiger partial charge on any atom is -0.367 e. The number of aromatic nitrogens is 1. The number of ketones is 1. The van der Waals surface area contributed by atoms with Crippen molar-refractivity contribution in [2.75, 3.05) is 6.61 Å². The highest BCUT2D eigenvalue weighted by Crippen LogP contribution is 2.23. The molecule has 1 aromatic carbocycles. The van der Waals surface area contributed by atoms with Gasteiger partial charge >= 0.3 is 0 Å². The lowest BCUT2D eigenvalue weighted by Gasteiger charge is -2.26. The number of carbonyl (C=O) groups is 1. The van der Waals surface area contributed by atoms with E-state index in [1.165, 1.54) is 0 Å². The highest BCUT2D eigenvalue weighted by Gasteiger charge is 2.32. The standard InChI is InChI=1S/C16H19NO2/c1-4-16(3,19-5-2)15(18)13-9-8-12-7-6-10-17-14(12)11-13/h6-11H,4-5H2,1-3H3. The van der Waals surface area contributed by atoms with Crippen molar-refractivity contribution >= 4 is 16.7 Å². The second-order valence-electron chi connectivity index (χ2n) is 4.76. The van der Waals surface area contributed by atoms with Crippen LogP contribution in [0.3, 0.4) is 0 Å². The van der Waals surface area contributed by atoms with Crippen molar-refractivity contribution in [1.29, 1.82) is 0 Å². The molecule has 2 aromatic rings. The predicted octanol–water partition coefficient (Wildman–Crippen LogP) is 3.62. The normalized spacial score (nSPS) is 14.3. The van der Waals surface area contributed by atoms with Gasteiger partial charge in [-0.05, 0) is 32.4 Å². The number of ether oxygens (including phenoxy) is 1. The maximum atomic E-state index is 12.6. The Bertz CT molecular complexity index is 594. The van der Waals surface area contributed by atoms with Gasteiger partial charge in [0.1, 0.15) is 5.60 Å². The number of fused-ring (bicyclic) bond motifs is 1. The zero-order valence-electron chi connectivity index (χ0n) is 11.6. The topological polar surface area (TPSA) is 39.2 Å². The van der Waals surface area contributed by atoms with Crippen LogP contribution in [-0.2, 0) is 4.74 Å². The molecule has 1 atom stereocenters. The lowest BCUT2D eigenvalue weighted by Crippen LogP contribution is -2.37. The molecule has 0 aliphatic rings. The van der Waals surface area contributed by atoms with Gasteiger partial charge in [-0.3, -0.25) is 9.78 Å². The van der Waals surface area contributed by atoms with Gasteiger partial charge in [-0.2, -0.15) is 0 Å². The Hall–Kier alpha value is -1.74. The third-order valence-corrected chi connectivity index (χ3v) is 3.49. The summed E-state index contributed by atoms with van der Waals surface area (Å²) >= 11 is 0. The first-order valence-electron chi connectivity index (χ1n) is 6.64. The summed E-state index contributed by atoms with van der Waals surface area (Å²) in [7, 11) is 0. The summed E-state index contributed by atoms with van der Waals surface area (Å²) in [6.45, 7) is 6.25. The first-order valence-corrected chi connectivity index (χ1v) is 6.64. The molecule has 2 rings (SSSR count). The van der Waals surface area contributed by atoms with Gasteiger partial charge in [0.15, 0.2) is 5.78 Å². The molecule has 0 aliphatic carbocycles. The smallest absolute Gasteiger partial charge is 0.194 e. The number of nitrogens with zero attached hydrogens (tertiary/aromatic N) is 1. The van der Waals surface area contributed by atoms with E-state index in [9.17, 15) is 4.79 Å². The lowest BCUT2D eigenvalue weighted by molar-refractivity contribution is -0.0115. The number of benzene rings is 1. The number of pyridine rings is 1. The number of Topliss-reactive ketones (excluding diaryl/α,β-unsaturated/α-hetero) is 1. The lowest BCUT2D eigenvalue weighted by atomic mass is 9.91. The van der Waals surface area contributed by atoms with E-state index in [1.54, 1.807) is 6.20 Å². The summed E-state index contributed by atoms with van der Waals surface area (Å²) in [6.07, 6.45) is 2.39. The van der Waals surface area contributed by atoms with E-state index in [0.717, 1.165) is 10.9 Å². The van der Waals surface area contributed by atoms with E-state index in [1.807, 2.05) is 51.1 Å². The van der Waals surface area contributed by atoms with Crippen molar-refractivity contribution in [3.63, 3.8) is 0 Å². The molecule has 0 fully saturated rings. The number of hydrogen-bond acceptors (Lipinski definition) is 3. The van der Waals surface area contributed by atoms with Crippen molar-refractivity contribution in [2.45, 2.75) is 32.8 Å². The molecule has 1 heterocycles. The minimum atomic E-state index is -0.753. The molecule has 100 valence electrons. The molecule has 0 N–H and O–H groups in total. The number of carbonyl (C=O) groups excluding carboxylic acids is 1. The Morgan fingerprint density at radius 3 is 2.79 bits per heavy atom. The summed E-state index contributed by atoms with van der Waals surface area (Å²) in [5.74, 6) is 0.0180. The molecule has 0 spiro atoms. The van der Waals surface area contributed by atoms with Crippen LogP contribution in [0.15, 0.2) is 36.5 Å². The van der Waals surface area contributed by atoms with Crippen LogP contribution < -0.4 is 0 Å². The molecule has 0 aliphatic heterocycles. The molecule has 0 radical (unpaired) electrons. The maximum Gasteiger partial charge on any atom is 0.194 e. The summed E-state index contributed by atoms with van der Waals surface area (Å²) in [4.78, 5) is 16.9. The maximum absolute atomic E-state index is 12.6. The fourth-order valence-corrected chi connectivity index (χ4v) is 2.16. The average Bonchev–Trinajstić information content (AvgIpc) is 2.46. The molecule has 1 aromatic heterocycles. The van der Waals surface area contributed by atoms with Gasteiger partial charge in [-0.15, -0.1) is 0 Å². The monoisotopic (exact) mass is 257 g/mol. The van der Waals surface area contributed by atoms with Crippen molar-refractivity contribution in [2.24, 2.45) is 0 Å². The second-order valence-corrected chi connectivity index (χ2v) is 4.76. The number of hydrogen-bond donors (Lipinski definition) is 0. The van der Waals surface area contributed by atoms with E-state index in [0.29, 0.717) is 18.6 Å². The van der Waals surface area contributed by atoms with Crippen LogP contribution in [-0.4, -0.2) is 23.0 Å². The first kappa shape index (κ1) is 13.7. The SMILES string of the molecule is CCOC(C)(CC)C(=O)c1ccc2cccnc2c1. The zero-order chi connectivity index (χ0) is 13.9. The summed E-state index contributed by atoms with van der Waals surface area (Å²) in [5.41, 5.74) is 0.740. The quantitative estimate of drug-likeness (QED) is 0.768. The Kier molecular flexibility index (Phi) is 3.96. The Labute approximate surface area is 113 Å². The van der Waals surface area contributed by atoms with E-state index in [2.05, 4.69) is 4.98 Å². The molecule has 3 heteroatoms. The highest BCUT2D eigenvalue weighted by atomic mass is 16.5. The largest absolute Gasteiger partial charge is 0.367 e. The highest BCUT2D eigenvalue weighted by molar-refractivity contribution is 6.04. The van der Waals surface area contributed by atoms with Crippen LogP contribution >= 0.6 is 0 Å². The van der Waals surface area contributed by atoms with Crippen LogP contribution in [0.2, 0.25) is 0 Å². The minimum absolute atomic E-state index is 0.0180. The summed E-state index contributed by atoms with van der Waals surface area (Å²) in [5, 5.41) is 1.04. The molecule has 0 amide bonds. The van der Waals surface area contributed by atoms with E-state index < -0.39 is 5.60 Å². The zero-order valence-corrected chi connectivity index (χ0v) is 11.6. The van der Waals surface area contributed by atoms with Crippen LogP contribution in [0.4, 0.5) is 0 Å². The van der Waals surface area contributed by atoms with Gasteiger partial charge < -0.3 is 4.74 Å². The third-order valence-electron chi connectivity index (χ3n) is 3.49. The number of rotatable bonds is 5. The summed E-state index contributed by atoms with van der Waals surface area (Å²) in [6, 6.07) is 9.49. The van der Waals surface area contributed by atoms with E-state index in [-0.39, 0.29) is 5.78 Å². The van der Waals surface area contributed by atoms with Gasteiger partial charge in [0.25, 0.3) is 0 Å². The predicted molar refractivity (Wildman–Crippen MR) is 76.4 cm³/mol. The molecular formula is C16H19NO2. The molecular weight excluding hydrogens is 238 g/mol. The second kappa shape index (κ2) is 5.49. The fraction of sp³-hybridized carbons (Fsp3) is 0.375. The molecule has 0 saturated carbocycles. The van der Waals surface area contributed by atoms with Crippen LogP contribution in [0.5, 0.6) is 0 Å². The fourth-order valence-electron chi connectivity index (χ4n) is 2.16. The molecule has 3 nitrogen and oxygen atoms in total. The van der Waals surface area contributed by atoms with Gasteiger partial charge in [0.2, 0.25) is 0 Å². The van der Waals surface area contributed by atoms with Crippen LogP contribution in [0.1, 0.15) is 37.6 Å². The Balaban J connectivity index is 2.40. The van der Waals surface area contributed by atoms with Gasteiger partial charge in [0, 0.05) is 23.8 Å². The third kappa shape index (κ3) is 2.66. The average molecular weight is 257 g/mol. The molecule has 19 heavy (non-hydrogen) atoms. The molecule has 0 bridgehead atoms. The van der Waals surface area contributed by atoms with E-state index in [4.69, 9.17) is 4.74 Å². The van der Waals surface area contributed by atoms with Crippen LogP contribution in [0.25, 0.3) is 10.9 Å². The van der Waals surface area contributed by atoms with Crippen molar-refractivity contribution in [3.8, 4) is 0 Å². The summed E-state index contributed by atoms with van der Waals surface area (Å²) < 4.78 is 5.64. The van der Waals surface area contributed by atoms with E-state index >= 15 is 0 Å². The first-order chi connectivity index (χ1) is 9.10. The van der Waals surface area contributed by atoms with Crippen molar-refractivity contribution < 1.29 is 9.53 Å². The molecule has 1 unspecified atom stereocenters. The van der Waals surface area contributed by atoms with Crippen molar-refractivity contribution in [3.05, 3.63) is 42.1 Å². The Morgan fingerprint density at radius 2 is 2.11 bits per heavy atom. The Morgan fingerprint density at radius 1 is 1.32 bits per heavy atom. The van der Waals surface area contributed by atoms with Crippen LogP contribution in [0, 0.1) is 0 Å². The molecule has 0 saturated heterocycles. The van der Waals surface area contributed by atoms with Gasteiger partial charge in [0.05, 0.1) is 5.52 Å². The van der Waals surface area contributed by atoms with Crippen molar-refractivity contribution in [1.82, 2.24) is 4.98 Å². The van der Waals surface area contributed by atoms with Gasteiger partial charge in [-0.1, -0.05) is 25.1 Å².